The Balaban J connectivity index is 1.67. The van der Waals surface area contributed by atoms with Gasteiger partial charge in [0, 0.05) is 26.2 Å². The van der Waals surface area contributed by atoms with Crippen molar-refractivity contribution in [1.82, 2.24) is 0 Å². The molecule has 0 saturated carbocycles. The number of hydrogen-bond donors (Lipinski definition) is 2. The monoisotopic (exact) mass is 740 g/mol. The predicted octanol–water partition coefficient (Wildman–Crippen LogP) is 7.35. The van der Waals surface area contributed by atoms with Gasteiger partial charge in [-0.1, -0.05) is 52.5 Å². The zero-order valence-electron chi connectivity index (χ0n) is 24.8. The lowest BCUT2D eigenvalue weighted by molar-refractivity contribution is 0.477. The molecule has 248 valence electrons. The van der Waals surface area contributed by atoms with E-state index in [0.717, 1.165) is 28.6 Å². The maximum atomic E-state index is 11.3. The third kappa shape index (κ3) is 8.72. The number of anilines is 4. The molecule has 2 N–H and O–H groups in total. The van der Waals surface area contributed by atoms with Crippen LogP contribution in [0, 0.1) is 0 Å². The fraction of sp³-hybridized carbons (Fsp3) is 0.448. The zero-order valence-corrected chi connectivity index (χ0v) is 29.5. The molecule has 0 amide bonds. The van der Waals surface area contributed by atoms with Crippen LogP contribution in [0.15, 0.2) is 48.3 Å². The molecule has 2 aromatic carbocycles. The van der Waals surface area contributed by atoms with Gasteiger partial charge in [0.25, 0.3) is 20.2 Å². The van der Waals surface area contributed by atoms with Crippen LogP contribution in [0.1, 0.15) is 39.5 Å². The van der Waals surface area contributed by atoms with Crippen molar-refractivity contribution in [3.8, 4) is 0 Å². The number of unbranched alkanes of at least 4 members (excludes halogenated alkanes) is 2. The van der Waals surface area contributed by atoms with Crippen LogP contribution in [0.3, 0.4) is 0 Å². The highest BCUT2D eigenvalue weighted by molar-refractivity contribution is 7.86. The van der Waals surface area contributed by atoms with Gasteiger partial charge >= 0.3 is 0 Å². The van der Waals surface area contributed by atoms with Gasteiger partial charge in [-0.15, -0.1) is 0 Å². The van der Waals surface area contributed by atoms with E-state index in [1.54, 1.807) is 6.07 Å². The van der Waals surface area contributed by atoms with Crippen LogP contribution in [0.25, 0.3) is 0 Å². The lowest BCUT2D eigenvalue weighted by atomic mass is 10.2. The normalized spacial score (nSPS) is 17.7. The predicted molar refractivity (Wildman–Crippen MR) is 186 cm³/mol. The first-order valence-corrected chi connectivity index (χ1v) is 19.2. The van der Waals surface area contributed by atoms with E-state index in [0.29, 0.717) is 65.5 Å². The minimum Gasteiger partial charge on any atom is -0.346 e. The topological polar surface area (TPSA) is 122 Å². The Kier molecular flexibility index (Phi) is 11.9. The highest BCUT2D eigenvalue weighted by Gasteiger charge is 2.35. The second-order valence-corrected chi connectivity index (χ2v) is 15.5. The standard InChI is InChI=1S/C29H36Cl4N4O6S2/c1-3-34-24-16-20(30)22(32)18-26(24)36(12-5-7-14-44(38,39)40)28(34)10-9-11-29-35(4-2)25-17-21(31)23(33)19-27(25)37(29)13-6-8-15-45(41,42)43/h9-11,16-19,28H,3-8,12-15H2,1-2H3,(H,38,39,40)(H,41,42,43)/b10-9+,29-11-. The third-order valence-corrected chi connectivity index (χ3v) is 10.8. The van der Waals surface area contributed by atoms with Crippen molar-refractivity contribution in [2.24, 2.45) is 0 Å². The molecule has 1 atom stereocenters. The molecule has 10 nitrogen and oxygen atoms in total. The molecular formula is C29H36Cl4N4O6S2. The van der Waals surface area contributed by atoms with Crippen molar-refractivity contribution in [2.45, 2.75) is 45.7 Å². The van der Waals surface area contributed by atoms with E-state index >= 15 is 0 Å². The lowest BCUT2D eigenvalue weighted by Crippen LogP contribution is -2.42. The molecule has 16 heteroatoms. The van der Waals surface area contributed by atoms with Crippen LogP contribution in [0.4, 0.5) is 22.7 Å². The molecule has 45 heavy (non-hydrogen) atoms. The number of hydrogen-bond acceptors (Lipinski definition) is 8. The summed E-state index contributed by atoms with van der Waals surface area (Å²) in [6, 6.07) is 7.25. The largest absolute Gasteiger partial charge is 0.346 e. The van der Waals surface area contributed by atoms with Gasteiger partial charge in [-0.25, -0.2) is 0 Å². The number of likely N-dealkylation sites (N-methyl/N-ethyl adjacent to an activating group) is 1. The van der Waals surface area contributed by atoms with Crippen molar-refractivity contribution in [1.29, 1.82) is 0 Å². The molecule has 2 aliphatic rings. The van der Waals surface area contributed by atoms with Crippen LogP contribution in [0.5, 0.6) is 0 Å². The summed E-state index contributed by atoms with van der Waals surface area (Å²) in [7, 11) is -8.12. The molecule has 0 bridgehead atoms. The number of fused-ring (bicyclic) bond motifs is 2. The molecule has 2 aliphatic heterocycles. The summed E-state index contributed by atoms with van der Waals surface area (Å²) in [5, 5.41) is 1.65. The van der Waals surface area contributed by atoms with Crippen LogP contribution in [0.2, 0.25) is 20.1 Å². The number of rotatable bonds is 14. The molecule has 4 rings (SSSR count). The molecular weight excluding hydrogens is 706 g/mol. The summed E-state index contributed by atoms with van der Waals surface area (Å²) in [5.74, 6) is 0.202. The molecule has 0 radical (unpaired) electrons. The number of benzene rings is 2. The molecule has 0 saturated heterocycles. The van der Waals surface area contributed by atoms with Crippen LogP contribution < -0.4 is 19.6 Å². The summed E-state index contributed by atoms with van der Waals surface area (Å²) in [6.07, 6.45) is 7.30. The number of halogens is 4. The van der Waals surface area contributed by atoms with E-state index in [1.807, 2.05) is 50.3 Å². The van der Waals surface area contributed by atoms with E-state index in [9.17, 15) is 25.9 Å². The Morgan fingerprint density at radius 3 is 1.62 bits per heavy atom. The summed E-state index contributed by atoms with van der Waals surface area (Å²) in [4.78, 5) is 8.46. The van der Waals surface area contributed by atoms with Gasteiger partial charge < -0.3 is 19.6 Å². The van der Waals surface area contributed by atoms with Crippen LogP contribution >= 0.6 is 46.4 Å². The first kappa shape index (κ1) is 35.9. The molecule has 2 heterocycles. The van der Waals surface area contributed by atoms with Gasteiger partial charge in [0.05, 0.1) is 54.3 Å². The minimum absolute atomic E-state index is 0.243. The zero-order chi connectivity index (χ0) is 33.1. The van der Waals surface area contributed by atoms with E-state index in [4.69, 9.17) is 46.4 Å². The molecule has 2 aromatic rings. The molecule has 1 unspecified atom stereocenters. The lowest BCUT2D eigenvalue weighted by Gasteiger charge is -2.30. The van der Waals surface area contributed by atoms with E-state index in [-0.39, 0.29) is 24.1 Å². The number of allylic oxidation sites excluding steroid dienone is 2. The van der Waals surface area contributed by atoms with Crippen molar-refractivity contribution in [3.05, 3.63) is 68.4 Å². The maximum Gasteiger partial charge on any atom is 0.264 e. The maximum absolute atomic E-state index is 11.3. The van der Waals surface area contributed by atoms with Gasteiger partial charge in [0.2, 0.25) is 0 Å². The van der Waals surface area contributed by atoms with Crippen LogP contribution in [-0.4, -0.2) is 69.8 Å². The second-order valence-electron chi connectivity index (χ2n) is 10.7. The van der Waals surface area contributed by atoms with E-state index in [1.165, 1.54) is 0 Å². The average molecular weight is 743 g/mol. The van der Waals surface area contributed by atoms with E-state index in [2.05, 4.69) is 19.6 Å². The molecule has 0 aliphatic carbocycles. The smallest absolute Gasteiger partial charge is 0.264 e. The Morgan fingerprint density at radius 1 is 0.667 bits per heavy atom. The van der Waals surface area contributed by atoms with Gasteiger partial charge in [-0.05, 0) is 75.9 Å². The second kappa shape index (κ2) is 14.9. The molecule has 0 aromatic heterocycles. The van der Waals surface area contributed by atoms with Gasteiger partial charge in [-0.3, -0.25) is 9.11 Å². The Labute approximate surface area is 285 Å². The molecule has 0 spiro atoms. The fourth-order valence-corrected chi connectivity index (χ4v) is 7.49. The fourth-order valence-electron chi connectivity index (χ4n) is 5.72. The van der Waals surface area contributed by atoms with Crippen LogP contribution in [-0.2, 0) is 20.2 Å². The number of nitrogens with zero attached hydrogens (tertiary/aromatic N) is 4. The summed E-state index contributed by atoms with van der Waals surface area (Å²) >= 11 is 25.6. The Bertz CT molecular complexity index is 1690. The van der Waals surface area contributed by atoms with Crippen molar-refractivity contribution in [3.63, 3.8) is 0 Å². The van der Waals surface area contributed by atoms with Gasteiger partial charge in [0.1, 0.15) is 12.0 Å². The SMILES string of the molecule is CCN1/C(=C/C=C/C2N(CC)c3cc(Cl)c(Cl)cc3N2CCCCS(=O)(=O)O)N(CCCCS(=O)(=O)O)c2cc(Cl)c(Cl)cc21. The van der Waals surface area contributed by atoms with Gasteiger partial charge in [0.15, 0.2) is 0 Å². The summed E-state index contributed by atoms with van der Waals surface area (Å²) in [6.45, 7) is 6.30. The summed E-state index contributed by atoms with van der Waals surface area (Å²) in [5.41, 5.74) is 3.48. The van der Waals surface area contributed by atoms with Crippen molar-refractivity contribution >= 4 is 89.4 Å². The van der Waals surface area contributed by atoms with Crippen molar-refractivity contribution in [2.75, 3.05) is 57.3 Å². The molecule has 0 fully saturated rings. The highest BCUT2D eigenvalue weighted by Crippen LogP contribution is 2.47. The first-order valence-electron chi connectivity index (χ1n) is 14.5. The minimum atomic E-state index is -4.06. The Morgan fingerprint density at radius 2 is 1.13 bits per heavy atom. The first-order chi connectivity index (χ1) is 21.1. The van der Waals surface area contributed by atoms with E-state index < -0.39 is 20.2 Å². The highest BCUT2D eigenvalue weighted by atomic mass is 35.5. The quantitative estimate of drug-likeness (QED) is 0.150. The average Bonchev–Trinajstić information content (AvgIpc) is 3.38. The van der Waals surface area contributed by atoms with Gasteiger partial charge in [-0.2, -0.15) is 16.8 Å². The third-order valence-electron chi connectivity index (χ3n) is 7.70. The Hall–Kier alpha value is -1.90. The summed E-state index contributed by atoms with van der Waals surface area (Å²) < 4.78 is 63.5. The van der Waals surface area contributed by atoms with Crippen molar-refractivity contribution < 1.29 is 25.9 Å².